The number of hydrogen-bond acceptors (Lipinski definition) is 7. The van der Waals surface area contributed by atoms with Crippen LogP contribution in [0.5, 0.6) is 0 Å². The van der Waals surface area contributed by atoms with E-state index in [1.165, 1.54) is 50.1 Å². The number of nitrogens with one attached hydrogen (secondary N) is 1. The first-order valence-corrected chi connectivity index (χ1v) is 11.6. The van der Waals surface area contributed by atoms with Crippen molar-refractivity contribution in [1.82, 2.24) is 19.8 Å². The summed E-state index contributed by atoms with van der Waals surface area (Å²) in [5.41, 5.74) is 1.28. The number of halogens is 1. The molecule has 0 aliphatic rings. The van der Waals surface area contributed by atoms with Crippen LogP contribution in [-0.4, -0.2) is 42.9 Å². The molecule has 8 nitrogen and oxygen atoms in total. The lowest BCUT2D eigenvalue weighted by Crippen LogP contribution is -2.24. The van der Waals surface area contributed by atoms with Gasteiger partial charge in [0.05, 0.1) is 11.4 Å². The van der Waals surface area contributed by atoms with Crippen molar-refractivity contribution in [1.29, 1.82) is 0 Å². The van der Waals surface area contributed by atoms with E-state index in [0.717, 1.165) is 9.87 Å². The molecule has 2 aromatic carbocycles. The molecule has 1 amide bonds. The van der Waals surface area contributed by atoms with Crippen LogP contribution in [0.25, 0.3) is 0 Å². The van der Waals surface area contributed by atoms with E-state index in [2.05, 4.69) is 15.5 Å². The standard InChI is InChI=1S/C19H19ClN4O4S2/c1-24(2)30(26,27)15-9-7-13(8-10-15)18(25)21-11-17-22-23-19(28-17)29-12-14-5-3-4-6-16(14)20/h3-10H,11-12H2,1-2H3,(H,21,25). The summed E-state index contributed by atoms with van der Waals surface area (Å²) < 4.78 is 30.8. The summed E-state index contributed by atoms with van der Waals surface area (Å²) in [7, 11) is -0.651. The molecule has 0 fully saturated rings. The predicted molar refractivity (Wildman–Crippen MR) is 114 cm³/mol. The van der Waals surface area contributed by atoms with Crippen LogP contribution in [-0.2, 0) is 22.3 Å². The molecule has 3 rings (SSSR count). The van der Waals surface area contributed by atoms with Crippen molar-refractivity contribution in [3.63, 3.8) is 0 Å². The smallest absolute Gasteiger partial charge is 0.276 e. The number of carbonyl (C=O) groups excluding carboxylic acids is 1. The highest BCUT2D eigenvalue weighted by Gasteiger charge is 2.18. The van der Waals surface area contributed by atoms with E-state index in [1.807, 2.05) is 24.3 Å². The molecule has 3 aromatic rings. The SMILES string of the molecule is CN(C)S(=O)(=O)c1ccc(C(=O)NCc2nnc(SCc3ccccc3Cl)o2)cc1. The summed E-state index contributed by atoms with van der Waals surface area (Å²) in [6.45, 7) is 0.0518. The van der Waals surface area contributed by atoms with Crippen LogP contribution in [0.2, 0.25) is 5.02 Å². The molecule has 0 saturated carbocycles. The lowest BCUT2D eigenvalue weighted by molar-refractivity contribution is 0.0946. The summed E-state index contributed by atoms with van der Waals surface area (Å²) in [4.78, 5) is 12.4. The zero-order valence-electron chi connectivity index (χ0n) is 16.2. The summed E-state index contributed by atoms with van der Waals surface area (Å²) in [6.07, 6.45) is 0. The zero-order valence-corrected chi connectivity index (χ0v) is 18.6. The van der Waals surface area contributed by atoms with Crippen molar-refractivity contribution in [3.8, 4) is 0 Å². The van der Waals surface area contributed by atoms with Crippen molar-refractivity contribution in [2.45, 2.75) is 22.4 Å². The Morgan fingerprint density at radius 2 is 1.83 bits per heavy atom. The normalized spacial score (nSPS) is 11.6. The van der Waals surface area contributed by atoms with E-state index in [-0.39, 0.29) is 23.2 Å². The maximum atomic E-state index is 12.3. The number of carbonyl (C=O) groups is 1. The number of aromatic nitrogens is 2. The van der Waals surface area contributed by atoms with Gasteiger partial charge in [0.15, 0.2) is 0 Å². The maximum Gasteiger partial charge on any atom is 0.276 e. The Morgan fingerprint density at radius 3 is 2.50 bits per heavy atom. The van der Waals surface area contributed by atoms with E-state index in [0.29, 0.717) is 21.6 Å². The average molecular weight is 467 g/mol. The minimum Gasteiger partial charge on any atom is -0.414 e. The van der Waals surface area contributed by atoms with Crippen LogP contribution in [0.4, 0.5) is 0 Å². The molecule has 1 heterocycles. The minimum atomic E-state index is -3.54. The van der Waals surface area contributed by atoms with Crippen molar-refractivity contribution >= 4 is 39.3 Å². The fourth-order valence-electron chi connectivity index (χ4n) is 2.37. The second kappa shape index (κ2) is 9.61. The third-order valence-corrected chi connectivity index (χ3v) is 7.12. The van der Waals surface area contributed by atoms with Crippen molar-refractivity contribution in [3.05, 3.63) is 70.6 Å². The van der Waals surface area contributed by atoms with E-state index in [9.17, 15) is 13.2 Å². The molecule has 0 bridgehead atoms. The Morgan fingerprint density at radius 1 is 1.13 bits per heavy atom. The molecule has 11 heteroatoms. The van der Waals surface area contributed by atoms with Crippen molar-refractivity contribution in [2.24, 2.45) is 0 Å². The van der Waals surface area contributed by atoms with Gasteiger partial charge in [0.2, 0.25) is 15.9 Å². The molecule has 1 N–H and O–H groups in total. The largest absolute Gasteiger partial charge is 0.414 e. The molecule has 0 atom stereocenters. The van der Waals surface area contributed by atoms with Gasteiger partial charge in [-0.15, -0.1) is 10.2 Å². The van der Waals surface area contributed by atoms with Crippen LogP contribution in [0.15, 0.2) is 63.1 Å². The summed E-state index contributed by atoms with van der Waals surface area (Å²) >= 11 is 7.47. The van der Waals surface area contributed by atoms with Gasteiger partial charge in [0.1, 0.15) is 0 Å². The molecule has 0 radical (unpaired) electrons. The topological polar surface area (TPSA) is 105 Å². The number of benzene rings is 2. The van der Waals surface area contributed by atoms with Gasteiger partial charge in [0, 0.05) is 30.4 Å². The van der Waals surface area contributed by atoms with Gasteiger partial charge in [-0.25, -0.2) is 12.7 Å². The second-order valence-electron chi connectivity index (χ2n) is 6.34. The first kappa shape index (κ1) is 22.3. The molecule has 0 aliphatic heterocycles. The van der Waals surface area contributed by atoms with Gasteiger partial charge < -0.3 is 9.73 Å². The van der Waals surface area contributed by atoms with Crippen LogP contribution in [0.3, 0.4) is 0 Å². The Bertz CT molecular complexity index is 1130. The molecule has 0 unspecified atom stereocenters. The fraction of sp³-hybridized carbons (Fsp3) is 0.211. The van der Waals surface area contributed by atoms with Gasteiger partial charge >= 0.3 is 0 Å². The fourth-order valence-corrected chi connectivity index (χ4v) is 4.34. The first-order chi connectivity index (χ1) is 14.3. The zero-order chi connectivity index (χ0) is 21.7. The lowest BCUT2D eigenvalue weighted by atomic mass is 10.2. The lowest BCUT2D eigenvalue weighted by Gasteiger charge is -2.11. The van der Waals surface area contributed by atoms with Gasteiger partial charge in [-0.3, -0.25) is 4.79 Å². The van der Waals surface area contributed by atoms with Crippen LogP contribution < -0.4 is 5.32 Å². The molecule has 0 saturated heterocycles. The first-order valence-electron chi connectivity index (χ1n) is 8.77. The average Bonchev–Trinajstić information content (AvgIpc) is 3.19. The third kappa shape index (κ3) is 5.39. The van der Waals surface area contributed by atoms with Crippen molar-refractivity contribution in [2.75, 3.05) is 14.1 Å². The molecule has 1 aromatic heterocycles. The van der Waals surface area contributed by atoms with Crippen molar-refractivity contribution < 1.29 is 17.6 Å². The number of amides is 1. The van der Waals surface area contributed by atoms with Gasteiger partial charge in [-0.2, -0.15) is 0 Å². The van der Waals surface area contributed by atoms with E-state index in [4.69, 9.17) is 16.0 Å². The third-order valence-electron chi connectivity index (χ3n) is 4.05. The summed E-state index contributed by atoms with van der Waals surface area (Å²) in [5, 5.41) is 11.6. The van der Waals surface area contributed by atoms with E-state index < -0.39 is 10.0 Å². The molecule has 30 heavy (non-hydrogen) atoms. The number of nitrogens with zero attached hydrogens (tertiary/aromatic N) is 3. The van der Waals surface area contributed by atoms with Gasteiger partial charge in [0.25, 0.3) is 11.1 Å². The second-order valence-corrected chi connectivity index (χ2v) is 9.82. The van der Waals surface area contributed by atoms with Crippen LogP contribution in [0, 0.1) is 0 Å². The highest BCUT2D eigenvalue weighted by atomic mass is 35.5. The number of hydrogen-bond donors (Lipinski definition) is 1. The monoisotopic (exact) mass is 466 g/mol. The Balaban J connectivity index is 1.55. The maximum absolute atomic E-state index is 12.3. The molecule has 0 aliphatic carbocycles. The van der Waals surface area contributed by atoms with Gasteiger partial charge in [-0.1, -0.05) is 41.6 Å². The Hall–Kier alpha value is -2.40. The minimum absolute atomic E-state index is 0.0518. The Labute approximate surface area is 183 Å². The number of sulfonamides is 1. The molecular weight excluding hydrogens is 448 g/mol. The summed E-state index contributed by atoms with van der Waals surface area (Å²) in [6, 6.07) is 13.2. The highest BCUT2D eigenvalue weighted by molar-refractivity contribution is 7.98. The van der Waals surface area contributed by atoms with E-state index in [1.54, 1.807) is 0 Å². The number of thioether (sulfide) groups is 1. The quantitative estimate of drug-likeness (QED) is 0.508. The molecular formula is C19H19ClN4O4S2. The Kier molecular flexibility index (Phi) is 7.14. The predicted octanol–water partition coefficient (Wildman–Crippen LogP) is 3.20. The highest BCUT2D eigenvalue weighted by Crippen LogP contribution is 2.25. The molecule has 158 valence electrons. The van der Waals surface area contributed by atoms with Crippen LogP contribution in [0.1, 0.15) is 21.8 Å². The summed E-state index contributed by atoms with van der Waals surface area (Å²) in [5.74, 6) is 0.458. The number of rotatable bonds is 8. The van der Waals surface area contributed by atoms with Gasteiger partial charge in [-0.05, 0) is 35.9 Å². The van der Waals surface area contributed by atoms with Crippen LogP contribution >= 0.6 is 23.4 Å². The van der Waals surface area contributed by atoms with E-state index >= 15 is 0 Å². The molecule has 0 spiro atoms.